The first kappa shape index (κ1) is 27.7. The van der Waals surface area contributed by atoms with Crippen LogP contribution in [0.3, 0.4) is 0 Å². The maximum atomic E-state index is 13.7. The van der Waals surface area contributed by atoms with E-state index in [2.05, 4.69) is 36.4 Å². The summed E-state index contributed by atoms with van der Waals surface area (Å²) in [4.78, 5) is 19.0. The van der Waals surface area contributed by atoms with Crippen LogP contribution in [-0.2, 0) is 5.41 Å². The highest BCUT2D eigenvalue weighted by atomic mass is 32.1. The number of para-hydroxylation sites is 1. The average Bonchev–Trinajstić information content (AvgIpc) is 3.72. The summed E-state index contributed by atoms with van der Waals surface area (Å²) in [6, 6.07) is 18.2. The van der Waals surface area contributed by atoms with Gasteiger partial charge in [-0.2, -0.15) is 14.6 Å². The maximum Gasteiger partial charge on any atom is 0.291 e. The van der Waals surface area contributed by atoms with Gasteiger partial charge in [0, 0.05) is 22.7 Å². The Hall–Kier alpha value is -3.78. The van der Waals surface area contributed by atoms with Crippen LogP contribution in [0, 0.1) is 17.8 Å². The Morgan fingerprint density at radius 3 is 2.34 bits per heavy atom. The van der Waals surface area contributed by atoms with E-state index in [9.17, 15) is 4.79 Å². The van der Waals surface area contributed by atoms with E-state index in [1.807, 2.05) is 47.1 Å². The number of aromatic nitrogens is 5. The second-order valence-corrected chi connectivity index (χ2v) is 14.4. The normalized spacial score (nSPS) is 24.5. The fourth-order valence-electron chi connectivity index (χ4n) is 8.54. The molecule has 0 N–H and O–H groups in total. The summed E-state index contributed by atoms with van der Waals surface area (Å²) >= 11 is 1.41. The lowest BCUT2D eigenvalue weighted by Crippen LogP contribution is -2.49. The fraction of sp³-hybridized carbons (Fsp3) is 0.444. The summed E-state index contributed by atoms with van der Waals surface area (Å²) in [5.74, 6) is 3.83. The number of fused-ring (bicyclic) bond motifs is 1. The molecule has 4 aliphatic carbocycles. The van der Waals surface area contributed by atoms with Gasteiger partial charge in [0.1, 0.15) is 5.75 Å². The molecule has 4 aliphatic rings. The van der Waals surface area contributed by atoms with Crippen molar-refractivity contribution >= 4 is 22.4 Å². The monoisotopic (exact) mass is 605 g/mol. The highest BCUT2D eigenvalue weighted by molar-refractivity contribution is 7.15. The third kappa shape index (κ3) is 5.07. The van der Waals surface area contributed by atoms with Crippen LogP contribution in [0.5, 0.6) is 5.75 Å². The Morgan fingerprint density at radius 2 is 1.66 bits per heavy atom. The molecular weight excluding hydrogens is 566 g/mol. The van der Waals surface area contributed by atoms with Crippen molar-refractivity contribution in [2.24, 2.45) is 17.8 Å². The van der Waals surface area contributed by atoms with Gasteiger partial charge in [0.05, 0.1) is 22.5 Å². The summed E-state index contributed by atoms with van der Waals surface area (Å²) in [5.41, 5.74) is 4.13. The van der Waals surface area contributed by atoms with Gasteiger partial charge in [0.15, 0.2) is 5.82 Å². The molecule has 0 spiro atoms. The van der Waals surface area contributed by atoms with E-state index in [1.165, 1.54) is 79.3 Å². The first-order valence-corrected chi connectivity index (χ1v) is 17.2. The lowest BCUT2D eigenvalue weighted by Gasteiger charge is -2.56. The minimum Gasteiger partial charge on any atom is -0.494 e. The third-order valence-corrected chi connectivity index (χ3v) is 11.1. The molecule has 5 aromatic rings. The number of nitrogens with zero attached hydrogens (tertiary/aromatic N) is 5. The van der Waals surface area contributed by atoms with Crippen LogP contribution in [0.4, 0.5) is 0 Å². The number of hydrogen-bond acceptors (Lipinski definition) is 6. The SMILES string of the molecule is CCCCCCOc1ccc(-c2nc3sc(=Cc4cn(-c5ccccc5)nc4C45CC6CC(CC(C6)C4)C5)c(=O)n3n2)cc1. The summed E-state index contributed by atoms with van der Waals surface area (Å²) < 4.78 is 10.0. The molecular formula is C36H39N5O2S. The van der Waals surface area contributed by atoms with Gasteiger partial charge in [0.2, 0.25) is 4.96 Å². The van der Waals surface area contributed by atoms with Crippen molar-refractivity contribution in [1.82, 2.24) is 24.4 Å². The number of thiazole rings is 1. The minimum absolute atomic E-state index is 0.109. The van der Waals surface area contributed by atoms with Gasteiger partial charge in [0.25, 0.3) is 5.56 Å². The molecule has 8 heteroatoms. The largest absolute Gasteiger partial charge is 0.494 e. The van der Waals surface area contributed by atoms with Gasteiger partial charge in [-0.25, -0.2) is 4.68 Å². The molecule has 2 aromatic carbocycles. The lowest BCUT2D eigenvalue weighted by molar-refractivity contribution is -0.00743. The molecule has 0 aliphatic heterocycles. The standard InChI is InChI=1S/C36H39N5O2S/c1-2-3-4-8-15-43-30-13-11-27(12-14-30)33-37-35-41(39-33)34(42)31(44-35)19-28-23-40(29-9-6-5-7-10-29)38-32(28)36-20-24-16-25(21-36)18-26(17-24)22-36/h5-7,9-14,19,23-26H,2-4,8,15-18,20-22H2,1H3. The Bertz CT molecular complexity index is 1850. The van der Waals surface area contributed by atoms with E-state index in [0.29, 0.717) is 15.3 Å². The lowest BCUT2D eigenvalue weighted by atomic mass is 9.48. The van der Waals surface area contributed by atoms with Crippen LogP contribution >= 0.6 is 11.3 Å². The van der Waals surface area contributed by atoms with Crippen molar-refractivity contribution in [3.63, 3.8) is 0 Å². The van der Waals surface area contributed by atoms with Crippen LogP contribution in [0.25, 0.3) is 28.1 Å². The van der Waals surface area contributed by atoms with Crippen molar-refractivity contribution in [3.8, 4) is 22.8 Å². The summed E-state index contributed by atoms with van der Waals surface area (Å²) in [7, 11) is 0. The number of unbranched alkanes of at least 4 members (excludes halogenated alkanes) is 3. The van der Waals surface area contributed by atoms with Crippen LogP contribution in [-0.4, -0.2) is 31.0 Å². The maximum absolute atomic E-state index is 13.7. The molecule has 9 rings (SSSR count). The molecule has 3 heterocycles. The number of hydrogen-bond donors (Lipinski definition) is 0. The van der Waals surface area contributed by atoms with Crippen molar-refractivity contribution in [1.29, 1.82) is 0 Å². The van der Waals surface area contributed by atoms with E-state index in [-0.39, 0.29) is 11.0 Å². The van der Waals surface area contributed by atoms with Gasteiger partial charge in [-0.15, -0.1) is 5.10 Å². The Kier molecular flexibility index (Phi) is 7.12. The molecule has 7 nitrogen and oxygen atoms in total. The number of ether oxygens (including phenoxy) is 1. The molecule has 44 heavy (non-hydrogen) atoms. The van der Waals surface area contributed by atoms with Crippen LogP contribution in [0.15, 0.2) is 65.6 Å². The molecule has 0 unspecified atom stereocenters. The Labute approximate surface area is 261 Å². The Balaban J connectivity index is 1.11. The number of rotatable bonds is 10. The zero-order valence-corrected chi connectivity index (χ0v) is 26.1. The Morgan fingerprint density at radius 1 is 0.932 bits per heavy atom. The fourth-order valence-corrected chi connectivity index (χ4v) is 9.43. The summed E-state index contributed by atoms with van der Waals surface area (Å²) in [6.07, 6.45) is 16.7. The summed E-state index contributed by atoms with van der Waals surface area (Å²) in [6.45, 7) is 2.94. The first-order valence-electron chi connectivity index (χ1n) is 16.4. The van der Waals surface area contributed by atoms with E-state index < -0.39 is 0 Å². The average molecular weight is 606 g/mol. The zero-order valence-electron chi connectivity index (χ0n) is 25.3. The molecule has 0 amide bonds. The minimum atomic E-state index is -0.125. The smallest absolute Gasteiger partial charge is 0.291 e. The predicted octanol–water partition coefficient (Wildman–Crippen LogP) is 6.98. The van der Waals surface area contributed by atoms with Gasteiger partial charge < -0.3 is 4.74 Å². The van der Waals surface area contributed by atoms with Crippen molar-refractivity contribution in [3.05, 3.63) is 86.9 Å². The molecule has 4 bridgehead atoms. The molecule has 0 saturated heterocycles. The van der Waals surface area contributed by atoms with E-state index in [0.717, 1.165) is 53.3 Å². The highest BCUT2D eigenvalue weighted by Gasteiger charge is 2.53. The van der Waals surface area contributed by atoms with Crippen molar-refractivity contribution < 1.29 is 4.74 Å². The summed E-state index contributed by atoms with van der Waals surface area (Å²) in [5, 5.41) is 9.89. The highest BCUT2D eigenvalue weighted by Crippen LogP contribution is 2.61. The topological polar surface area (TPSA) is 74.3 Å². The van der Waals surface area contributed by atoms with Gasteiger partial charge in [-0.05, 0) is 105 Å². The molecule has 4 fully saturated rings. The number of benzene rings is 2. The van der Waals surface area contributed by atoms with Crippen molar-refractivity contribution in [2.75, 3.05) is 6.61 Å². The molecule has 0 atom stereocenters. The van der Waals surface area contributed by atoms with Gasteiger partial charge >= 0.3 is 0 Å². The van der Waals surface area contributed by atoms with Gasteiger partial charge in [-0.3, -0.25) is 4.79 Å². The zero-order chi connectivity index (χ0) is 29.7. The van der Waals surface area contributed by atoms with Crippen molar-refractivity contribution in [2.45, 2.75) is 76.5 Å². The van der Waals surface area contributed by atoms with Crippen LogP contribution in [0.2, 0.25) is 0 Å². The van der Waals surface area contributed by atoms with Crippen LogP contribution < -0.4 is 14.8 Å². The molecule has 3 aromatic heterocycles. The van der Waals surface area contributed by atoms with E-state index in [1.54, 1.807) is 0 Å². The van der Waals surface area contributed by atoms with E-state index >= 15 is 0 Å². The quantitative estimate of drug-likeness (QED) is 0.161. The first-order chi connectivity index (χ1) is 21.6. The molecule has 226 valence electrons. The second-order valence-electron chi connectivity index (χ2n) is 13.4. The van der Waals surface area contributed by atoms with E-state index in [4.69, 9.17) is 14.8 Å². The third-order valence-electron chi connectivity index (χ3n) is 10.2. The predicted molar refractivity (Wildman–Crippen MR) is 174 cm³/mol. The van der Waals surface area contributed by atoms with Gasteiger partial charge in [-0.1, -0.05) is 55.7 Å². The molecule has 0 radical (unpaired) electrons. The van der Waals surface area contributed by atoms with Crippen LogP contribution in [0.1, 0.15) is 82.4 Å². The molecule has 4 saturated carbocycles. The second kappa shape index (κ2) is 11.3.